The second kappa shape index (κ2) is 15.8. The highest BCUT2D eigenvalue weighted by molar-refractivity contribution is 6.01. The summed E-state index contributed by atoms with van der Waals surface area (Å²) in [6.07, 6.45) is 11.2. The Labute approximate surface area is 373 Å². The van der Waals surface area contributed by atoms with Crippen LogP contribution in [0.25, 0.3) is 53.7 Å². The lowest BCUT2D eigenvalue weighted by molar-refractivity contribution is 0.00158. The lowest BCUT2D eigenvalue weighted by Gasteiger charge is -2.40. The van der Waals surface area contributed by atoms with E-state index >= 15 is 0 Å². The number of aromatic nitrogens is 2. The highest BCUT2D eigenvalue weighted by Gasteiger charge is 2.36. The molecular weight excluding hydrogens is 777 g/mol. The Bertz CT molecular complexity index is 2880. The number of hydrogen-bond acceptors (Lipinski definition) is 3. The number of hydrogen-bond donors (Lipinski definition) is 1. The minimum atomic E-state index is -0.496. The molecule has 1 amide bonds. The van der Waals surface area contributed by atoms with Crippen LogP contribution < -0.4 is 5.32 Å². The number of benzene rings is 4. The zero-order chi connectivity index (χ0) is 44.6. The monoisotopic (exact) mass is 838 g/mol. The topological polar surface area (TPSA) is 60.1 Å². The third kappa shape index (κ3) is 8.04. The summed E-state index contributed by atoms with van der Waals surface area (Å²) < 4.78 is 10.3. The maximum atomic E-state index is 12.5. The number of carbonyl (C=O) groups is 1. The van der Waals surface area contributed by atoms with Gasteiger partial charge < -0.3 is 24.1 Å². The Morgan fingerprint density at radius 3 is 1.57 bits per heavy atom. The van der Waals surface area contributed by atoms with Crippen LogP contribution in [0.3, 0.4) is 0 Å². The van der Waals surface area contributed by atoms with Crippen LogP contribution in [0.15, 0.2) is 73.1 Å². The van der Waals surface area contributed by atoms with Gasteiger partial charge in [-0.1, -0.05) is 64.1 Å². The number of rotatable bonds is 4. The maximum absolute atomic E-state index is 12.5. The van der Waals surface area contributed by atoms with Crippen molar-refractivity contribution in [3.05, 3.63) is 129 Å². The summed E-state index contributed by atoms with van der Waals surface area (Å²) in [6.45, 7) is 37.8. The number of nitrogens with zero attached hydrogens (tertiary/aromatic N) is 5. The fourth-order valence-electron chi connectivity index (χ4n) is 10.5. The van der Waals surface area contributed by atoms with E-state index in [4.69, 9.17) is 17.9 Å². The fraction of sp³-hybridized carbons (Fsp3) is 0.436. The average molecular weight is 839 g/mol. The van der Waals surface area contributed by atoms with Crippen LogP contribution in [-0.2, 0) is 30.4 Å². The van der Waals surface area contributed by atoms with Crippen molar-refractivity contribution in [3.63, 3.8) is 0 Å². The molecule has 8 nitrogen and oxygen atoms in total. The third-order valence-electron chi connectivity index (χ3n) is 14.2. The summed E-state index contributed by atoms with van der Waals surface area (Å²) >= 11 is 0. The first-order valence-corrected chi connectivity index (χ1v) is 22.9. The van der Waals surface area contributed by atoms with Gasteiger partial charge >= 0.3 is 6.09 Å². The van der Waals surface area contributed by atoms with Gasteiger partial charge in [-0.25, -0.2) is 14.5 Å². The Kier molecular flexibility index (Phi) is 10.6. The molecule has 4 aliphatic rings. The van der Waals surface area contributed by atoms with Crippen LogP contribution in [0.5, 0.6) is 0 Å². The minimum Gasteiger partial charge on any atom is -0.444 e. The van der Waals surface area contributed by atoms with Crippen LogP contribution in [-0.4, -0.2) is 51.9 Å². The van der Waals surface area contributed by atoms with E-state index in [2.05, 4.69) is 132 Å². The fourth-order valence-corrected chi connectivity index (χ4v) is 10.5. The number of carbonyl (C=O) groups excluding carboxylic acids is 1. The molecule has 2 aliphatic carbocycles. The second-order valence-corrected chi connectivity index (χ2v) is 21.4. The standard InChI is InChI=1S/C30H35N3O2.C25H27N3/c1-19-13-27-24(14-26(19)31-7)25(23-10-8-9-20-15-30(5,6)12-11-22(20)23)18-33(27)21-16-32(17-21)28(34)35-29(2,3)4;1-16-10-24-21(11-23(16)26-4)22(15-28(24)18-13-27-14-18)20-7-5-6-17-12-25(2,3)9-8-19(17)20/h8-10,13-14,18,21H,11-12,15-17H2,1-6H3;5-7,10-11,15,18,27H,8-9,12-14H2,1-3H3. The number of aryl methyl sites for hydroxylation is 2. The van der Waals surface area contributed by atoms with E-state index < -0.39 is 5.60 Å². The Balaban J connectivity index is 0.000000164. The molecule has 6 aromatic rings. The lowest BCUT2D eigenvalue weighted by Crippen LogP contribution is -2.52. The Morgan fingerprint density at radius 2 is 1.16 bits per heavy atom. The molecule has 4 aromatic carbocycles. The van der Waals surface area contributed by atoms with Crippen LogP contribution in [0.2, 0.25) is 0 Å². The van der Waals surface area contributed by atoms with Gasteiger partial charge in [0.1, 0.15) is 5.60 Å². The summed E-state index contributed by atoms with van der Waals surface area (Å²) in [5, 5.41) is 5.74. The summed E-state index contributed by atoms with van der Waals surface area (Å²) in [4.78, 5) is 21.9. The largest absolute Gasteiger partial charge is 0.444 e. The van der Waals surface area contributed by atoms with E-state index in [0.717, 1.165) is 66.5 Å². The van der Waals surface area contributed by atoms with E-state index in [1.54, 1.807) is 4.90 Å². The van der Waals surface area contributed by atoms with Crippen molar-refractivity contribution >= 4 is 39.3 Å². The maximum Gasteiger partial charge on any atom is 0.410 e. The van der Waals surface area contributed by atoms with Gasteiger partial charge in [-0.3, -0.25) is 0 Å². The molecule has 2 aromatic heterocycles. The van der Waals surface area contributed by atoms with Gasteiger partial charge in [0, 0.05) is 60.7 Å². The molecule has 2 fully saturated rings. The number of ether oxygens (including phenoxy) is 1. The predicted octanol–water partition coefficient (Wildman–Crippen LogP) is 13.3. The molecule has 4 heterocycles. The smallest absolute Gasteiger partial charge is 0.410 e. The summed E-state index contributed by atoms with van der Waals surface area (Å²) in [6, 6.07) is 22.7. The van der Waals surface area contributed by atoms with Crippen LogP contribution in [0.4, 0.5) is 16.2 Å². The van der Waals surface area contributed by atoms with Crippen molar-refractivity contribution in [1.29, 1.82) is 0 Å². The van der Waals surface area contributed by atoms with Gasteiger partial charge in [0.2, 0.25) is 0 Å². The molecule has 324 valence electrons. The van der Waals surface area contributed by atoms with Gasteiger partial charge in [-0.05, 0) is 164 Å². The van der Waals surface area contributed by atoms with Crippen molar-refractivity contribution in [2.24, 2.45) is 10.8 Å². The molecule has 10 rings (SSSR count). The van der Waals surface area contributed by atoms with E-state index in [-0.39, 0.29) is 12.1 Å². The number of nitrogens with one attached hydrogen (secondary N) is 1. The van der Waals surface area contributed by atoms with Gasteiger partial charge in [0.25, 0.3) is 0 Å². The molecule has 1 N–H and O–H groups in total. The van der Waals surface area contributed by atoms with E-state index in [1.807, 2.05) is 27.7 Å². The first-order chi connectivity index (χ1) is 29.9. The quantitative estimate of drug-likeness (QED) is 0.180. The number of amides is 1. The van der Waals surface area contributed by atoms with E-state index in [1.165, 1.54) is 68.3 Å². The summed E-state index contributed by atoms with van der Waals surface area (Å²) in [5.41, 5.74) is 17.2. The summed E-state index contributed by atoms with van der Waals surface area (Å²) in [7, 11) is 0. The Morgan fingerprint density at radius 1 is 0.698 bits per heavy atom. The van der Waals surface area contributed by atoms with Crippen molar-refractivity contribution in [2.45, 2.75) is 119 Å². The molecule has 0 spiro atoms. The van der Waals surface area contributed by atoms with Crippen LogP contribution in [0.1, 0.15) is 107 Å². The first-order valence-electron chi connectivity index (χ1n) is 22.9. The van der Waals surface area contributed by atoms with Gasteiger partial charge in [-0.15, -0.1) is 0 Å². The molecular formula is C55H62N6O2. The molecule has 63 heavy (non-hydrogen) atoms. The van der Waals surface area contributed by atoms with Crippen molar-refractivity contribution in [1.82, 2.24) is 19.4 Å². The highest BCUT2D eigenvalue weighted by atomic mass is 16.6. The molecule has 0 bridgehead atoms. The molecule has 0 unspecified atom stereocenters. The lowest BCUT2D eigenvalue weighted by atomic mass is 9.73. The molecule has 0 radical (unpaired) electrons. The molecule has 0 saturated carbocycles. The first kappa shape index (κ1) is 42.5. The molecule has 8 heteroatoms. The SMILES string of the molecule is [C-]#[N+]c1cc2c(-c3cccc4c3CCC(C)(C)C4)cn(C3CN(C(=O)OC(C)(C)C)C3)c2cc1C.[C-]#[N+]c1cc2c(-c3cccc4c3CCC(C)(C)C4)cn(C3CNC3)c2cc1C. The second-order valence-electron chi connectivity index (χ2n) is 21.4. The van der Waals surface area contributed by atoms with E-state index in [0.29, 0.717) is 35.6 Å². The van der Waals surface area contributed by atoms with Gasteiger partial charge in [0.05, 0.1) is 25.2 Å². The van der Waals surface area contributed by atoms with Crippen molar-refractivity contribution in [2.75, 3.05) is 26.2 Å². The third-order valence-corrected chi connectivity index (χ3v) is 14.2. The zero-order valence-electron chi connectivity index (χ0n) is 38.7. The number of fused-ring (bicyclic) bond motifs is 4. The van der Waals surface area contributed by atoms with Crippen LogP contribution in [0, 0.1) is 37.8 Å². The number of likely N-dealkylation sites (tertiary alicyclic amines) is 1. The molecule has 2 aliphatic heterocycles. The average Bonchev–Trinajstić information content (AvgIpc) is 3.71. The van der Waals surface area contributed by atoms with Crippen molar-refractivity contribution in [3.8, 4) is 22.3 Å². The van der Waals surface area contributed by atoms with Crippen LogP contribution >= 0.6 is 0 Å². The van der Waals surface area contributed by atoms with E-state index in [9.17, 15) is 4.79 Å². The van der Waals surface area contributed by atoms with Crippen molar-refractivity contribution < 1.29 is 9.53 Å². The molecule has 0 atom stereocenters. The summed E-state index contributed by atoms with van der Waals surface area (Å²) in [5.74, 6) is 0. The minimum absolute atomic E-state index is 0.190. The Hall–Kier alpha value is -5.83. The highest BCUT2D eigenvalue weighted by Crippen LogP contribution is 2.45. The zero-order valence-corrected chi connectivity index (χ0v) is 38.7. The molecule has 2 saturated heterocycles. The predicted molar refractivity (Wildman–Crippen MR) is 257 cm³/mol. The normalized spacial score (nSPS) is 18.0. The van der Waals surface area contributed by atoms with Gasteiger partial charge in [0.15, 0.2) is 11.4 Å². The van der Waals surface area contributed by atoms with Gasteiger partial charge in [-0.2, -0.15) is 0 Å².